The number of hydrogen-bond donors (Lipinski definition) is 0. The Bertz CT molecular complexity index is 1010. The van der Waals surface area contributed by atoms with Gasteiger partial charge in [0, 0.05) is 0 Å². The van der Waals surface area contributed by atoms with E-state index in [-0.39, 0.29) is 0 Å². The summed E-state index contributed by atoms with van der Waals surface area (Å²) in [6.07, 6.45) is 16.6. The van der Waals surface area contributed by atoms with E-state index in [1.54, 1.807) is 0 Å². The molecule has 3 aromatic carbocycles. The number of aryl methyl sites for hydroxylation is 1. The number of benzene rings is 3. The van der Waals surface area contributed by atoms with Gasteiger partial charge in [-0.3, -0.25) is 0 Å². The molecule has 0 aromatic heterocycles. The van der Waals surface area contributed by atoms with Crippen LogP contribution in [0.2, 0.25) is 0 Å². The highest BCUT2D eigenvalue weighted by Gasteiger charge is 2.21. The summed E-state index contributed by atoms with van der Waals surface area (Å²) >= 11 is 0. The molecule has 1 saturated carbocycles. The molecule has 0 nitrogen and oxygen atoms in total. The van der Waals surface area contributed by atoms with Crippen LogP contribution >= 0.6 is 0 Å². The maximum atomic E-state index is 3.87. The summed E-state index contributed by atoms with van der Waals surface area (Å²) in [6, 6.07) is 23.2. The van der Waals surface area contributed by atoms with Crippen molar-refractivity contribution in [2.24, 2.45) is 5.92 Å². The molecule has 3 aromatic rings. The van der Waals surface area contributed by atoms with E-state index in [9.17, 15) is 0 Å². The van der Waals surface area contributed by atoms with Crippen LogP contribution in [0.25, 0.3) is 21.9 Å². The third-order valence-electron chi connectivity index (χ3n) is 7.08. The lowest BCUT2D eigenvalue weighted by Crippen LogP contribution is -2.13. The Morgan fingerprint density at radius 2 is 1.52 bits per heavy atom. The molecule has 0 radical (unpaired) electrons. The summed E-state index contributed by atoms with van der Waals surface area (Å²) in [5, 5.41) is 2.67. The molecule has 0 saturated heterocycles. The minimum absolute atomic E-state index is 0.742. The van der Waals surface area contributed by atoms with Crippen LogP contribution in [0.5, 0.6) is 0 Å². The molecule has 1 fully saturated rings. The van der Waals surface area contributed by atoms with Gasteiger partial charge >= 0.3 is 0 Å². The van der Waals surface area contributed by atoms with Gasteiger partial charge in [-0.2, -0.15) is 0 Å². The Kier molecular flexibility index (Phi) is 7.41. The summed E-state index contributed by atoms with van der Waals surface area (Å²) in [7, 11) is 0. The number of hydrogen-bond acceptors (Lipinski definition) is 0. The first kappa shape index (κ1) is 21.6. The minimum Gasteiger partial charge on any atom is -0.103 e. The molecule has 0 heteroatoms. The first-order chi connectivity index (χ1) is 15.3. The molecule has 0 amide bonds. The maximum Gasteiger partial charge on any atom is -0.0162 e. The molecule has 0 spiro atoms. The maximum absolute atomic E-state index is 3.87. The van der Waals surface area contributed by atoms with Gasteiger partial charge in [-0.25, -0.2) is 0 Å². The Hall–Kier alpha value is -2.60. The van der Waals surface area contributed by atoms with Gasteiger partial charge in [-0.15, -0.1) is 6.58 Å². The molecule has 4 rings (SSSR count). The molecule has 1 aliphatic rings. The lowest BCUT2D eigenvalue weighted by Gasteiger charge is -2.28. The summed E-state index contributed by atoms with van der Waals surface area (Å²) in [5.41, 5.74) is 5.58. The molecule has 0 N–H and O–H groups in total. The van der Waals surface area contributed by atoms with E-state index in [1.807, 2.05) is 0 Å². The molecule has 0 aliphatic heterocycles. The lowest BCUT2D eigenvalue weighted by molar-refractivity contribution is 0.312. The van der Waals surface area contributed by atoms with E-state index in [0.29, 0.717) is 0 Å². The largest absolute Gasteiger partial charge is 0.103 e. The number of rotatable bonds is 8. The topological polar surface area (TPSA) is 0 Å². The molecule has 1 aliphatic carbocycles. The predicted molar refractivity (Wildman–Crippen MR) is 137 cm³/mol. The second-order valence-corrected chi connectivity index (χ2v) is 9.21. The van der Waals surface area contributed by atoms with Crippen molar-refractivity contribution in [3.8, 4) is 11.1 Å². The number of allylic oxidation sites excluding steroid dienone is 3. The summed E-state index contributed by atoms with van der Waals surface area (Å²) in [4.78, 5) is 0. The van der Waals surface area contributed by atoms with Crippen LogP contribution in [0.1, 0.15) is 68.9 Å². The summed E-state index contributed by atoms with van der Waals surface area (Å²) < 4.78 is 0. The van der Waals surface area contributed by atoms with Crippen molar-refractivity contribution < 1.29 is 0 Å². The van der Waals surface area contributed by atoms with Crippen LogP contribution in [0.4, 0.5) is 0 Å². The Morgan fingerprint density at radius 1 is 0.806 bits per heavy atom. The molecular weight excluding hydrogens is 372 g/mol. The Labute approximate surface area is 188 Å². The fourth-order valence-corrected chi connectivity index (χ4v) is 5.13. The van der Waals surface area contributed by atoms with E-state index < -0.39 is 0 Å². The van der Waals surface area contributed by atoms with Gasteiger partial charge < -0.3 is 0 Å². The van der Waals surface area contributed by atoms with Crippen LogP contribution in [0.15, 0.2) is 85.5 Å². The van der Waals surface area contributed by atoms with Crippen LogP contribution in [0.3, 0.4) is 0 Å². The molecular formula is C31H36. The van der Waals surface area contributed by atoms with Crippen molar-refractivity contribution in [3.05, 3.63) is 96.6 Å². The molecule has 0 atom stereocenters. The van der Waals surface area contributed by atoms with E-state index in [0.717, 1.165) is 24.7 Å². The third kappa shape index (κ3) is 5.56. The average molecular weight is 409 g/mol. The van der Waals surface area contributed by atoms with Gasteiger partial charge in [0.25, 0.3) is 0 Å². The fraction of sp³-hybridized carbons (Fsp3) is 0.355. The summed E-state index contributed by atoms with van der Waals surface area (Å²) in [5.74, 6) is 1.65. The van der Waals surface area contributed by atoms with Crippen molar-refractivity contribution in [2.75, 3.05) is 0 Å². The van der Waals surface area contributed by atoms with Gasteiger partial charge in [-0.05, 0) is 109 Å². The first-order valence-electron chi connectivity index (χ1n) is 12.1. The highest BCUT2D eigenvalue weighted by Crippen LogP contribution is 2.38. The Balaban J connectivity index is 1.42. The number of fused-ring (bicyclic) bond motifs is 1. The minimum atomic E-state index is 0.742. The van der Waals surface area contributed by atoms with Crippen molar-refractivity contribution in [1.29, 1.82) is 0 Å². The van der Waals surface area contributed by atoms with Crippen LogP contribution < -0.4 is 0 Å². The zero-order valence-corrected chi connectivity index (χ0v) is 19.0. The third-order valence-corrected chi connectivity index (χ3v) is 7.08. The van der Waals surface area contributed by atoms with Gasteiger partial charge in [0.05, 0.1) is 0 Å². The second kappa shape index (κ2) is 10.6. The van der Waals surface area contributed by atoms with Crippen LogP contribution in [-0.2, 0) is 6.42 Å². The first-order valence-corrected chi connectivity index (χ1v) is 12.1. The van der Waals surface area contributed by atoms with E-state index >= 15 is 0 Å². The average Bonchev–Trinajstić information content (AvgIpc) is 2.83. The zero-order chi connectivity index (χ0) is 21.5. The van der Waals surface area contributed by atoms with Crippen LogP contribution in [0, 0.1) is 5.92 Å². The van der Waals surface area contributed by atoms with Crippen molar-refractivity contribution in [1.82, 2.24) is 0 Å². The zero-order valence-electron chi connectivity index (χ0n) is 19.0. The molecule has 31 heavy (non-hydrogen) atoms. The highest BCUT2D eigenvalue weighted by molar-refractivity contribution is 5.87. The molecule has 0 unspecified atom stereocenters. The predicted octanol–water partition coefficient (Wildman–Crippen LogP) is 9.26. The van der Waals surface area contributed by atoms with E-state index in [2.05, 4.69) is 92.4 Å². The Morgan fingerprint density at radius 3 is 2.26 bits per heavy atom. The quantitative estimate of drug-likeness (QED) is 0.326. The smallest absolute Gasteiger partial charge is 0.0162 e. The lowest BCUT2D eigenvalue weighted by atomic mass is 9.77. The SMILES string of the molecule is C=CCCC1CCC(c2ccc(-c3ccc4cc(CC/C=C/C)ccc4c3)cc2)CC1. The van der Waals surface area contributed by atoms with E-state index in [4.69, 9.17) is 0 Å². The van der Waals surface area contributed by atoms with Crippen LogP contribution in [-0.4, -0.2) is 0 Å². The fourth-order valence-electron chi connectivity index (χ4n) is 5.13. The highest BCUT2D eigenvalue weighted by atomic mass is 14.3. The second-order valence-electron chi connectivity index (χ2n) is 9.21. The normalized spacial score (nSPS) is 19.1. The van der Waals surface area contributed by atoms with Gasteiger partial charge in [0.2, 0.25) is 0 Å². The van der Waals surface area contributed by atoms with Crippen molar-refractivity contribution in [2.45, 2.75) is 64.2 Å². The van der Waals surface area contributed by atoms with Gasteiger partial charge in [0.1, 0.15) is 0 Å². The summed E-state index contributed by atoms with van der Waals surface area (Å²) in [6.45, 7) is 5.96. The van der Waals surface area contributed by atoms with Gasteiger partial charge in [-0.1, -0.05) is 72.8 Å². The van der Waals surface area contributed by atoms with Crippen molar-refractivity contribution in [3.63, 3.8) is 0 Å². The van der Waals surface area contributed by atoms with Gasteiger partial charge in [0.15, 0.2) is 0 Å². The monoisotopic (exact) mass is 408 g/mol. The van der Waals surface area contributed by atoms with Crippen molar-refractivity contribution >= 4 is 10.8 Å². The standard InChI is InChI=1S/C31H36/c1-3-5-7-9-25-12-15-31-23-30(21-20-29(31)22-25)28-18-16-27(17-19-28)26-13-10-24(11-14-26)8-6-4-2/h3-5,12,15-24,26H,2,6-11,13-14H2,1H3/b5-3+. The molecule has 0 heterocycles. The molecule has 0 bridgehead atoms. The van der Waals surface area contributed by atoms with E-state index in [1.165, 1.54) is 71.6 Å². The molecule has 160 valence electrons.